The smallest absolute Gasteiger partial charge is 0.377 e. The SMILES string of the molecule is Cc1cc([C@@H](C)Nc2ccc(C)nc2C(F)(F)F)c2cc(N3CCN(c4cn(C)nn4)CC3)n(C)c(=O)c2c1. The van der Waals surface area contributed by atoms with Crippen LogP contribution in [0.15, 0.2) is 41.3 Å². The van der Waals surface area contributed by atoms with Gasteiger partial charge in [-0.3, -0.25) is 14.0 Å². The molecule has 39 heavy (non-hydrogen) atoms. The largest absolute Gasteiger partial charge is 0.435 e. The molecule has 5 rings (SSSR count). The lowest BCUT2D eigenvalue weighted by Gasteiger charge is -2.36. The quantitative estimate of drug-likeness (QED) is 0.406. The van der Waals surface area contributed by atoms with Crippen LogP contribution < -0.4 is 20.7 Å². The van der Waals surface area contributed by atoms with Crippen molar-refractivity contribution in [3.8, 4) is 0 Å². The van der Waals surface area contributed by atoms with E-state index in [4.69, 9.17) is 0 Å². The van der Waals surface area contributed by atoms with Crippen LogP contribution in [-0.2, 0) is 20.3 Å². The topological polar surface area (TPSA) is 84.1 Å². The maximum Gasteiger partial charge on any atom is 0.435 e. The van der Waals surface area contributed by atoms with Crippen molar-refractivity contribution in [2.45, 2.75) is 33.0 Å². The van der Waals surface area contributed by atoms with Gasteiger partial charge in [-0.1, -0.05) is 11.3 Å². The summed E-state index contributed by atoms with van der Waals surface area (Å²) in [5.74, 6) is 1.57. The predicted octanol–water partition coefficient (Wildman–Crippen LogP) is 4.20. The van der Waals surface area contributed by atoms with Gasteiger partial charge in [-0.25, -0.2) is 4.98 Å². The second-order valence-electron chi connectivity index (χ2n) is 10.1. The number of benzene rings is 1. The molecular formula is C27H31F3N8O. The molecule has 4 heterocycles. The number of hydrogen-bond donors (Lipinski definition) is 1. The van der Waals surface area contributed by atoms with E-state index >= 15 is 0 Å². The van der Waals surface area contributed by atoms with Crippen LogP contribution in [0, 0.1) is 13.8 Å². The van der Waals surface area contributed by atoms with Gasteiger partial charge in [0.2, 0.25) is 0 Å². The minimum atomic E-state index is -4.60. The van der Waals surface area contributed by atoms with Gasteiger partial charge in [-0.2, -0.15) is 13.2 Å². The molecule has 0 amide bonds. The number of rotatable bonds is 5. The molecule has 0 saturated carbocycles. The molecule has 1 atom stereocenters. The molecule has 0 radical (unpaired) electrons. The molecule has 12 heteroatoms. The zero-order valence-corrected chi connectivity index (χ0v) is 22.5. The average Bonchev–Trinajstić information content (AvgIpc) is 3.32. The van der Waals surface area contributed by atoms with Crippen LogP contribution in [0.1, 0.15) is 35.5 Å². The molecule has 1 fully saturated rings. The van der Waals surface area contributed by atoms with Gasteiger partial charge in [0.1, 0.15) is 5.82 Å². The standard InChI is InChI=1S/C27H31F3N8O/c1-16-12-19(18(3)32-22-7-6-17(2)31-25(22)27(28,29)30)20-14-24(36(5)26(39)21(20)13-16)38-10-8-37(9-11-38)23-15-35(4)34-33-23/h6-7,12-15,18,32H,8-11H2,1-5H3/t18-/m1/s1. The van der Waals surface area contributed by atoms with Crippen molar-refractivity contribution in [2.75, 3.05) is 41.3 Å². The fourth-order valence-electron chi connectivity index (χ4n) is 5.18. The first-order valence-corrected chi connectivity index (χ1v) is 12.7. The zero-order chi connectivity index (χ0) is 28.1. The van der Waals surface area contributed by atoms with E-state index in [9.17, 15) is 18.0 Å². The number of nitrogens with one attached hydrogen (secondary N) is 1. The third-order valence-electron chi connectivity index (χ3n) is 7.17. The Morgan fingerprint density at radius 2 is 1.67 bits per heavy atom. The van der Waals surface area contributed by atoms with E-state index in [1.54, 1.807) is 29.3 Å². The molecule has 206 valence electrons. The summed E-state index contributed by atoms with van der Waals surface area (Å²) in [5.41, 5.74) is 0.684. The van der Waals surface area contributed by atoms with Crippen LogP contribution in [0.4, 0.5) is 30.5 Å². The number of nitrogens with zero attached hydrogens (tertiary/aromatic N) is 7. The van der Waals surface area contributed by atoms with Crippen molar-refractivity contribution >= 4 is 28.1 Å². The predicted molar refractivity (Wildman–Crippen MR) is 145 cm³/mol. The van der Waals surface area contributed by atoms with Gasteiger partial charge < -0.3 is 15.1 Å². The normalized spacial score (nSPS) is 15.2. The molecule has 1 N–H and O–H groups in total. The molecule has 0 spiro atoms. The van der Waals surface area contributed by atoms with E-state index in [2.05, 4.69) is 30.4 Å². The molecule has 0 aliphatic carbocycles. The highest BCUT2D eigenvalue weighted by atomic mass is 19.4. The summed E-state index contributed by atoms with van der Waals surface area (Å²) in [4.78, 5) is 21.6. The van der Waals surface area contributed by atoms with Gasteiger partial charge in [0, 0.05) is 57.4 Å². The first-order valence-electron chi connectivity index (χ1n) is 12.7. The van der Waals surface area contributed by atoms with Crippen LogP contribution in [0.5, 0.6) is 0 Å². The van der Waals surface area contributed by atoms with E-state index in [-0.39, 0.29) is 16.9 Å². The number of piperazine rings is 1. The Morgan fingerprint density at radius 3 is 2.31 bits per heavy atom. The van der Waals surface area contributed by atoms with E-state index < -0.39 is 17.9 Å². The van der Waals surface area contributed by atoms with Crippen molar-refractivity contribution in [1.29, 1.82) is 0 Å². The highest BCUT2D eigenvalue weighted by Crippen LogP contribution is 2.36. The number of pyridine rings is 2. The summed E-state index contributed by atoms with van der Waals surface area (Å²) >= 11 is 0. The van der Waals surface area contributed by atoms with Gasteiger partial charge in [0.15, 0.2) is 11.5 Å². The third kappa shape index (κ3) is 5.15. The van der Waals surface area contributed by atoms with Crippen molar-refractivity contribution in [3.05, 3.63) is 69.4 Å². The maximum atomic E-state index is 13.7. The Balaban J connectivity index is 1.50. The van der Waals surface area contributed by atoms with Crippen molar-refractivity contribution in [1.82, 2.24) is 24.5 Å². The summed E-state index contributed by atoms with van der Waals surface area (Å²) in [6, 6.07) is 8.15. The third-order valence-corrected chi connectivity index (χ3v) is 7.17. The van der Waals surface area contributed by atoms with E-state index in [1.165, 1.54) is 13.0 Å². The summed E-state index contributed by atoms with van der Waals surface area (Å²) in [5, 5.41) is 12.5. The monoisotopic (exact) mass is 540 g/mol. The number of fused-ring (bicyclic) bond motifs is 1. The van der Waals surface area contributed by atoms with E-state index in [1.807, 2.05) is 38.4 Å². The first kappa shape index (κ1) is 26.5. The van der Waals surface area contributed by atoms with Crippen LogP contribution in [-0.4, -0.2) is 50.7 Å². The highest BCUT2D eigenvalue weighted by molar-refractivity contribution is 5.89. The van der Waals surface area contributed by atoms with Gasteiger partial charge >= 0.3 is 6.18 Å². The molecule has 4 aromatic rings. The van der Waals surface area contributed by atoms with Gasteiger partial charge in [0.05, 0.1) is 11.9 Å². The Kier molecular flexibility index (Phi) is 6.73. The number of alkyl halides is 3. The number of halogens is 3. The summed E-state index contributed by atoms with van der Waals surface area (Å²) < 4.78 is 44.5. The lowest BCUT2D eigenvalue weighted by Crippen LogP contribution is -2.48. The van der Waals surface area contributed by atoms with E-state index in [0.717, 1.165) is 22.8 Å². The Bertz CT molecular complexity index is 1580. The second kappa shape index (κ2) is 9.90. The zero-order valence-electron chi connectivity index (χ0n) is 22.5. The molecule has 0 bridgehead atoms. The molecule has 1 aromatic carbocycles. The number of anilines is 3. The number of hydrogen-bond acceptors (Lipinski definition) is 7. The molecule has 1 aliphatic heterocycles. The average molecular weight is 541 g/mol. The minimum Gasteiger partial charge on any atom is -0.377 e. The Hall–Kier alpha value is -4.09. The van der Waals surface area contributed by atoms with Crippen LogP contribution in [0.2, 0.25) is 0 Å². The molecule has 1 aliphatic rings. The number of aromatic nitrogens is 5. The summed E-state index contributed by atoms with van der Waals surface area (Å²) in [6.07, 6.45) is -2.72. The lowest BCUT2D eigenvalue weighted by molar-refractivity contribution is -0.140. The van der Waals surface area contributed by atoms with Crippen LogP contribution in [0.3, 0.4) is 0 Å². The second-order valence-corrected chi connectivity index (χ2v) is 10.1. The van der Waals surface area contributed by atoms with Crippen LogP contribution in [0.25, 0.3) is 10.8 Å². The molecular weight excluding hydrogens is 509 g/mol. The molecule has 3 aromatic heterocycles. The van der Waals surface area contributed by atoms with E-state index in [0.29, 0.717) is 37.0 Å². The molecule has 0 unspecified atom stereocenters. The van der Waals surface area contributed by atoms with Gasteiger partial charge in [0.25, 0.3) is 5.56 Å². The maximum absolute atomic E-state index is 13.7. The minimum absolute atomic E-state index is 0.0977. The van der Waals surface area contributed by atoms with Crippen LogP contribution >= 0.6 is 0 Å². The number of aryl methyl sites for hydroxylation is 3. The fourth-order valence-corrected chi connectivity index (χ4v) is 5.18. The fraction of sp³-hybridized carbons (Fsp3) is 0.407. The summed E-state index contributed by atoms with van der Waals surface area (Å²) in [6.45, 7) is 7.98. The molecule has 1 saturated heterocycles. The highest BCUT2D eigenvalue weighted by Gasteiger charge is 2.36. The summed E-state index contributed by atoms with van der Waals surface area (Å²) in [7, 11) is 3.58. The molecule has 9 nitrogen and oxygen atoms in total. The van der Waals surface area contributed by atoms with Gasteiger partial charge in [-0.15, -0.1) is 5.10 Å². The lowest BCUT2D eigenvalue weighted by atomic mass is 9.97. The van der Waals surface area contributed by atoms with Gasteiger partial charge in [-0.05, 0) is 61.5 Å². The Morgan fingerprint density at radius 1 is 0.974 bits per heavy atom. The van der Waals surface area contributed by atoms with Crippen molar-refractivity contribution in [3.63, 3.8) is 0 Å². The van der Waals surface area contributed by atoms with Crippen molar-refractivity contribution in [2.24, 2.45) is 14.1 Å². The Labute approximate surface area is 223 Å². The first-order chi connectivity index (χ1) is 18.4. The van der Waals surface area contributed by atoms with Crippen molar-refractivity contribution < 1.29 is 13.2 Å².